The van der Waals surface area contributed by atoms with Gasteiger partial charge in [-0.3, -0.25) is 4.57 Å². The van der Waals surface area contributed by atoms with Crippen LogP contribution in [0.4, 0.5) is 5.82 Å². The summed E-state index contributed by atoms with van der Waals surface area (Å²) in [7, 11) is 1.62. The van der Waals surface area contributed by atoms with Crippen molar-refractivity contribution >= 4 is 17.0 Å². The van der Waals surface area contributed by atoms with Crippen LogP contribution in [0.15, 0.2) is 0 Å². The zero-order valence-electron chi connectivity index (χ0n) is 15.8. The summed E-state index contributed by atoms with van der Waals surface area (Å²) in [6, 6.07) is 0.831. The van der Waals surface area contributed by atoms with E-state index in [1.807, 2.05) is 4.57 Å². The number of hydrogen-bond donors (Lipinski definition) is 2. The van der Waals surface area contributed by atoms with Gasteiger partial charge in [0.2, 0.25) is 0 Å². The molecule has 0 amide bonds. The summed E-state index contributed by atoms with van der Waals surface area (Å²) in [5.41, 5.74) is 7.33. The highest BCUT2D eigenvalue weighted by Gasteiger charge is 2.19. The number of nitrogens with one attached hydrogen (secondary N) is 1. The third-order valence-corrected chi connectivity index (χ3v) is 4.87. The highest BCUT2D eigenvalue weighted by Crippen LogP contribution is 2.26. The molecule has 0 saturated carbocycles. The van der Waals surface area contributed by atoms with Crippen LogP contribution in [0.1, 0.15) is 45.4 Å². The van der Waals surface area contributed by atoms with Gasteiger partial charge in [0.1, 0.15) is 0 Å². The van der Waals surface area contributed by atoms with E-state index in [2.05, 4.69) is 27.2 Å². The molecule has 0 aromatic carbocycles. The predicted molar refractivity (Wildman–Crippen MR) is 102 cm³/mol. The number of aromatic nitrogens is 4. The molecule has 3 heterocycles. The summed E-state index contributed by atoms with van der Waals surface area (Å²) in [5.74, 6) is 1.08. The third-order valence-electron chi connectivity index (χ3n) is 4.87. The van der Waals surface area contributed by atoms with E-state index >= 15 is 0 Å². The smallest absolute Gasteiger partial charge is 0.320 e. The van der Waals surface area contributed by atoms with Crippen LogP contribution in [0, 0.1) is 5.92 Å². The molecular formula is C18H30N6O2. The molecular weight excluding hydrogens is 332 g/mol. The fourth-order valence-corrected chi connectivity index (χ4v) is 3.42. The molecule has 8 nitrogen and oxygen atoms in total. The number of nitrogens with zero attached hydrogens (tertiary/aromatic N) is 4. The first-order valence-corrected chi connectivity index (χ1v) is 9.64. The molecule has 3 rings (SSSR count). The van der Waals surface area contributed by atoms with Crippen molar-refractivity contribution in [1.82, 2.24) is 24.8 Å². The van der Waals surface area contributed by atoms with Gasteiger partial charge < -0.3 is 20.5 Å². The zero-order chi connectivity index (χ0) is 18.4. The number of hydrogen-bond acceptors (Lipinski definition) is 7. The minimum absolute atomic E-state index is 0.309. The molecule has 2 aromatic heterocycles. The third kappa shape index (κ3) is 4.35. The lowest BCUT2D eigenvalue weighted by Crippen LogP contribution is -2.29. The van der Waals surface area contributed by atoms with Crippen LogP contribution in [-0.4, -0.2) is 46.3 Å². The highest BCUT2D eigenvalue weighted by molar-refractivity contribution is 5.83. The Kier molecular flexibility index (Phi) is 6.49. The van der Waals surface area contributed by atoms with Gasteiger partial charge in [0.15, 0.2) is 17.0 Å². The van der Waals surface area contributed by atoms with E-state index in [0.29, 0.717) is 35.6 Å². The van der Waals surface area contributed by atoms with Crippen LogP contribution in [-0.2, 0) is 6.54 Å². The number of ether oxygens (including phenoxy) is 2. The largest absolute Gasteiger partial charge is 0.468 e. The molecule has 1 aliphatic heterocycles. The fourth-order valence-electron chi connectivity index (χ4n) is 3.42. The molecule has 0 spiro atoms. The molecule has 1 fully saturated rings. The lowest BCUT2D eigenvalue weighted by atomic mass is 9.95. The maximum Gasteiger partial charge on any atom is 0.320 e. The second kappa shape index (κ2) is 9.02. The number of unbranched alkanes of at least 4 members (excludes halogenated alkanes) is 1. The zero-order valence-corrected chi connectivity index (χ0v) is 15.8. The van der Waals surface area contributed by atoms with Crippen LogP contribution >= 0.6 is 0 Å². The average molecular weight is 362 g/mol. The Bertz CT molecular complexity index is 711. The van der Waals surface area contributed by atoms with Crippen molar-refractivity contribution in [3.63, 3.8) is 0 Å². The van der Waals surface area contributed by atoms with Crippen molar-refractivity contribution < 1.29 is 9.47 Å². The topological polar surface area (TPSA) is 100 Å². The van der Waals surface area contributed by atoms with Crippen molar-refractivity contribution in [3.05, 3.63) is 0 Å². The maximum absolute atomic E-state index is 6.07. The highest BCUT2D eigenvalue weighted by atomic mass is 16.5. The fraction of sp³-hybridized carbons (Fsp3) is 0.722. The summed E-state index contributed by atoms with van der Waals surface area (Å²) >= 11 is 0. The van der Waals surface area contributed by atoms with Gasteiger partial charge in [-0.25, -0.2) is 0 Å². The molecule has 0 unspecified atom stereocenters. The van der Waals surface area contributed by atoms with Gasteiger partial charge in [0, 0.05) is 6.54 Å². The second-order valence-corrected chi connectivity index (χ2v) is 6.87. The van der Waals surface area contributed by atoms with E-state index in [9.17, 15) is 0 Å². The van der Waals surface area contributed by atoms with Gasteiger partial charge in [-0.15, -0.1) is 0 Å². The number of anilines is 1. The van der Waals surface area contributed by atoms with Gasteiger partial charge in [0.25, 0.3) is 6.01 Å². The summed E-state index contributed by atoms with van der Waals surface area (Å²) in [6.07, 6.45) is 6.81. The van der Waals surface area contributed by atoms with E-state index < -0.39 is 0 Å². The molecule has 1 saturated heterocycles. The molecule has 1 atom stereocenters. The van der Waals surface area contributed by atoms with Gasteiger partial charge in [-0.05, 0) is 51.1 Å². The van der Waals surface area contributed by atoms with Crippen LogP contribution in [0.5, 0.6) is 12.0 Å². The van der Waals surface area contributed by atoms with Crippen LogP contribution in [0.3, 0.4) is 0 Å². The molecule has 0 bridgehead atoms. The van der Waals surface area contributed by atoms with Crippen LogP contribution < -0.4 is 20.5 Å². The Hall–Kier alpha value is -2.09. The lowest BCUT2D eigenvalue weighted by molar-refractivity contribution is 0.286. The first-order chi connectivity index (χ1) is 12.7. The second-order valence-electron chi connectivity index (χ2n) is 6.87. The first-order valence-electron chi connectivity index (χ1n) is 9.64. The monoisotopic (exact) mass is 362 g/mol. The average Bonchev–Trinajstić information content (AvgIpc) is 3.01. The van der Waals surface area contributed by atoms with Crippen molar-refractivity contribution in [2.24, 2.45) is 5.92 Å². The standard InChI is InChI=1S/C18H30N6O2/c1-3-4-11-26-17-22-15(19)14-16(23-17)24(18(21-14)25-2)10-6-8-13-7-5-9-20-12-13/h13,20H,3-12H2,1-2H3,(H2,19,22,23)/t13-/m1/s1. The summed E-state index contributed by atoms with van der Waals surface area (Å²) < 4.78 is 13.1. The van der Waals surface area contributed by atoms with E-state index in [1.54, 1.807) is 7.11 Å². The number of methoxy groups -OCH3 is 1. The number of aryl methyl sites for hydroxylation is 1. The maximum atomic E-state index is 6.07. The number of piperidine rings is 1. The molecule has 144 valence electrons. The summed E-state index contributed by atoms with van der Waals surface area (Å²) in [5, 5.41) is 3.47. The van der Waals surface area contributed by atoms with Gasteiger partial charge in [0.05, 0.1) is 13.7 Å². The summed E-state index contributed by atoms with van der Waals surface area (Å²) in [4.78, 5) is 13.2. The number of imidazole rings is 1. The Labute approximate surface area is 154 Å². The lowest BCUT2D eigenvalue weighted by Gasteiger charge is -2.22. The summed E-state index contributed by atoms with van der Waals surface area (Å²) in [6.45, 7) is 5.76. The molecule has 0 aliphatic carbocycles. The molecule has 8 heteroatoms. The first kappa shape index (κ1) is 18.7. The Morgan fingerprint density at radius 1 is 1.27 bits per heavy atom. The predicted octanol–water partition coefficient (Wildman–Crippen LogP) is 2.38. The van der Waals surface area contributed by atoms with Crippen molar-refractivity contribution in [2.45, 2.75) is 52.0 Å². The SMILES string of the molecule is CCCCOc1nc(N)c2nc(OC)n(CCC[C@H]3CCCNC3)c2n1. The van der Waals surface area contributed by atoms with E-state index in [-0.39, 0.29) is 0 Å². The minimum Gasteiger partial charge on any atom is -0.468 e. The van der Waals surface area contributed by atoms with Crippen LogP contribution in [0.25, 0.3) is 11.2 Å². The molecule has 26 heavy (non-hydrogen) atoms. The van der Waals surface area contributed by atoms with E-state index in [0.717, 1.165) is 44.8 Å². The number of nitrogens with two attached hydrogens (primary N) is 1. The molecule has 2 aromatic rings. The van der Waals surface area contributed by atoms with E-state index in [1.165, 1.54) is 19.3 Å². The molecule has 1 aliphatic rings. The molecule has 3 N–H and O–H groups in total. The van der Waals surface area contributed by atoms with Crippen molar-refractivity contribution in [1.29, 1.82) is 0 Å². The van der Waals surface area contributed by atoms with Gasteiger partial charge in [-0.2, -0.15) is 15.0 Å². The van der Waals surface area contributed by atoms with Crippen molar-refractivity contribution in [3.8, 4) is 12.0 Å². The van der Waals surface area contributed by atoms with E-state index in [4.69, 9.17) is 15.2 Å². The Balaban J connectivity index is 1.75. The van der Waals surface area contributed by atoms with Crippen LogP contribution in [0.2, 0.25) is 0 Å². The number of nitrogen functional groups attached to an aromatic ring is 1. The minimum atomic E-state index is 0.309. The van der Waals surface area contributed by atoms with Gasteiger partial charge in [-0.1, -0.05) is 13.3 Å². The Morgan fingerprint density at radius 3 is 2.88 bits per heavy atom. The Morgan fingerprint density at radius 2 is 2.15 bits per heavy atom. The normalized spacial score (nSPS) is 17.5. The molecule has 0 radical (unpaired) electrons. The number of rotatable bonds is 9. The quantitative estimate of drug-likeness (QED) is 0.661. The van der Waals surface area contributed by atoms with Crippen molar-refractivity contribution in [2.75, 3.05) is 32.5 Å². The van der Waals surface area contributed by atoms with Gasteiger partial charge >= 0.3 is 6.01 Å². The number of fused-ring (bicyclic) bond motifs is 1.